The maximum Gasteiger partial charge on any atom is 0.253 e. The van der Waals surface area contributed by atoms with Crippen LogP contribution in [0.25, 0.3) is 0 Å². The molecule has 1 saturated heterocycles. The Morgan fingerprint density at radius 1 is 1.00 bits per heavy atom. The summed E-state index contributed by atoms with van der Waals surface area (Å²) >= 11 is 0. The van der Waals surface area contributed by atoms with Crippen LogP contribution in [0.1, 0.15) is 10.4 Å². The third kappa shape index (κ3) is 4.34. The minimum atomic E-state index is -3.76. The summed E-state index contributed by atoms with van der Waals surface area (Å²) in [6.45, 7) is 2.40. The summed E-state index contributed by atoms with van der Waals surface area (Å²) in [6.07, 6.45) is 0. The van der Waals surface area contributed by atoms with E-state index < -0.39 is 10.0 Å². The number of nitrogens with two attached hydrogens (primary N) is 1. The van der Waals surface area contributed by atoms with Crippen LogP contribution in [-0.4, -0.2) is 69.7 Å². The van der Waals surface area contributed by atoms with Crippen LogP contribution in [0.5, 0.6) is 0 Å². The molecular weight excluding hydrogens is 368 g/mol. The molecule has 0 unspecified atom stereocenters. The van der Waals surface area contributed by atoms with E-state index in [9.17, 15) is 13.2 Å². The lowest BCUT2D eigenvalue weighted by molar-refractivity contribution is 0.0746. The summed E-state index contributed by atoms with van der Waals surface area (Å²) in [5.74, 6) is 1.44. The molecule has 0 saturated carbocycles. The van der Waals surface area contributed by atoms with Gasteiger partial charge in [0.25, 0.3) is 5.91 Å². The summed E-state index contributed by atoms with van der Waals surface area (Å²) in [5.41, 5.74) is 0.436. The number of rotatable bonds is 4. The van der Waals surface area contributed by atoms with Gasteiger partial charge in [-0.2, -0.15) is 0 Å². The van der Waals surface area contributed by atoms with E-state index in [1.165, 1.54) is 24.3 Å². The van der Waals surface area contributed by atoms with Gasteiger partial charge in [0, 0.05) is 45.8 Å². The summed E-state index contributed by atoms with van der Waals surface area (Å²) in [5, 5.41) is 13.5. The second-order valence-corrected chi connectivity index (χ2v) is 8.05. The van der Waals surface area contributed by atoms with Gasteiger partial charge in [0.1, 0.15) is 0 Å². The fourth-order valence-electron chi connectivity index (χ4n) is 2.83. The predicted molar refractivity (Wildman–Crippen MR) is 102 cm³/mol. The van der Waals surface area contributed by atoms with Gasteiger partial charge in [-0.1, -0.05) is 0 Å². The average molecular weight is 390 g/mol. The molecule has 0 spiro atoms. The number of anilines is 2. The van der Waals surface area contributed by atoms with Crippen LogP contribution in [0.4, 0.5) is 11.6 Å². The maximum atomic E-state index is 12.6. The van der Waals surface area contributed by atoms with E-state index in [4.69, 9.17) is 5.14 Å². The van der Waals surface area contributed by atoms with Crippen LogP contribution < -0.4 is 14.9 Å². The second kappa shape index (κ2) is 7.49. The number of aromatic nitrogens is 2. The summed E-state index contributed by atoms with van der Waals surface area (Å²) < 4.78 is 22.6. The first-order valence-corrected chi connectivity index (χ1v) is 9.98. The van der Waals surface area contributed by atoms with Crippen molar-refractivity contribution in [1.29, 1.82) is 0 Å². The zero-order valence-electron chi connectivity index (χ0n) is 15.2. The topological polar surface area (TPSA) is 113 Å². The molecule has 144 valence electrons. The van der Waals surface area contributed by atoms with Crippen molar-refractivity contribution in [2.45, 2.75) is 4.90 Å². The van der Waals surface area contributed by atoms with E-state index in [1.54, 1.807) is 4.90 Å². The monoisotopic (exact) mass is 390 g/mol. The van der Waals surface area contributed by atoms with Gasteiger partial charge in [-0.25, -0.2) is 13.6 Å². The Morgan fingerprint density at radius 3 is 2.11 bits per heavy atom. The molecule has 0 bridgehead atoms. The Hall–Kier alpha value is -2.72. The quantitative estimate of drug-likeness (QED) is 0.791. The lowest BCUT2D eigenvalue weighted by Gasteiger charge is -2.35. The molecule has 9 nitrogen and oxygen atoms in total. The minimum absolute atomic E-state index is 0.0105. The van der Waals surface area contributed by atoms with E-state index in [1.807, 2.05) is 31.1 Å². The lowest BCUT2D eigenvalue weighted by atomic mass is 10.2. The zero-order chi connectivity index (χ0) is 19.6. The first kappa shape index (κ1) is 19.1. The van der Waals surface area contributed by atoms with Gasteiger partial charge in [-0.15, -0.1) is 10.2 Å². The zero-order valence-corrected chi connectivity index (χ0v) is 16.1. The molecule has 27 heavy (non-hydrogen) atoms. The number of piperazine rings is 1. The van der Waals surface area contributed by atoms with Crippen LogP contribution in [0.2, 0.25) is 0 Å². The Morgan fingerprint density at radius 2 is 1.63 bits per heavy atom. The molecular formula is C17H22N6O3S. The second-order valence-electron chi connectivity index (χ2n) is 6.49. The van der Waals surface area contributed by atoms with Gasteiger partial charge in [-0.05, 0) is 36.4 Å². The van der Waals surface area contributed by atoms with Crippen LogP contribution in [-0.2, 0) is 10.0 Å². The molecule has 2 heterocycles. The SMILES string of the molecule is CN(C)c1ccc(N2CCN(C(=O)c3ccc(S(N)(=O)=O)cc3)CC2)nn1. The fraction of sp³-hybridized carbons (Fsp3) is 0.353. The van der Waals surface area contributed by atoms with Crippen molar-refractivity contribution in [3.63, 3.8) is 0 Å². The van der Waals surface area contributed by atoms with Crippen molar-refractivity contribution in [2.24, 2.45) is 5.14 Å². The normalized spacial score (nSPS) is 14.9. The van der Waals surface area contributed by atoms with Crippen molar-refractivity contribution in [3.8, 4) is 0 Å². The number of carbonyl (C=O) groups is 1. The highest BCUT2D eigenvalue weighted by Crippen LogP contribution is 2.17. The molecule has 2 aromatic rings. The molecule has 1 aliphatic rings. The molecule has 1 aliphatic heterocycles. The molecule has 10 heteroatoms. The smallest absolute Gasteiger partial charge is 0.253 e. The molecule has 2 N–H and O–H groups in total. The first-order valence-electron chi connectivity index (χ1n) is 8.44. The third-order valence-electron chi connectivity index (χ3n) is 4.42. The molecule has 0 aliphatic carbocycles. The molecule has 1 aromatic heterocycles. The van der Waals surface area contributed by atoms with E-state index in [0.29, 0.717) is 31.7 Å². The highest BCUT2D eigenvalue weighted by molar-refractivity contribution is 7.89. The first-order chi connectivity index (χ1) is 12.8. The van der Waals surface area contributed by atoms with E-state index in [-0.39, 0.29) is 10.8 Å². The summed E-state index contributed by atoms with van der Waals surface area (Å²) in [7, 11) is 0.0485. The van der Waals surface area contributed by atoms with Crippen molar-refractivity contribution in [1.82, 2.24) is 15.1 Å². The van der Waals surface area contributed by atoms with Crippen molar-refractivity contribution in [3.05, 3.63) is 42.0 Å². The molecule has 1 fully saturated rings. The number of primary sulfonamides is 1. The minimum Gasteiger partial charge on any atom is -0.361 e. The number of hydrogen-bond acceptors (Lipinski definition) is 7. The van der Waals surface area contributed by atoms with Gasteiger partial charge in [0.15, 0.2) is 11.6 Å². The largest absolute Gasteiger partial charge is 0.361 e. The Kier molecular flexibility index (Phi) is 5.29. The van der Waals surface area contributed by atoms with Crippen molar-refractivity contribution >= 4 is 27.6 Å². The number of amides is 1. The number of nitrogens with zero attached hydrogens (tertiary/aromatic N) is 5. The molecule has 0 atom stereocenters. The standard InChI is InChI=1S/C17H22N6O3S/c1-21(2)15-7-8-16(20-19-15)22-9-11-23(12-10-22)17(24)13-3-5-14(6-4-13)27(18,25)26/h3-8H,9-12H2,1-2H3,(H2,18,25,26). The molecule has 1 aromatic carbocycles. The fourth-order valence-corrected chi connectivity index (χ4v) is 3.35. The highest BCUT2D eigenvalue weighted by atomic mass is 32.2. The third-order valence-corrected chi connectivity index (χ3v) is 5.34. The van der Waals surface area contributed by atoms with Crippen molar-refractivity contribution < 1.29 is 13.2 Å². The Balaban J connectivity index is 1.62. The van der Waals surface area contributed by atoms with Gasteiger partial charge < -0.3 is 14.7 Å². The van der Waals surface area contributed by atoms with Gasteiger partial charge in [0.2, 0.25) is 10.0 Å². The Labute approximate surface area is 158 Å². The van der Waals surface area contributed by atoms with Gasteiger partial charge in [-0.3, -0.25) is 4.79 Å². The Bertz CT molecular complexity index is 905. The molecule has 0 radical (unpaired) electrons. The van der Waals surface area contributed by atoms with E-state index >= 15 is 0 Å². The lowest BCUT2D eigenvalue weighted by Crippen LogP contribution is -2.49. The van der Waals surface area contributed by atoms with Gasteiger partial charge >= 0.3 is 0 Å². The summed E-state index contributed by atoms with van der Waals surface area (Å²) in [4.78, 5) is 18.3. The summed E-state index contributed by atoms with van der Waals surface area (Å²) in [6, 6.07) is 9.50. The van der Waals surface area contributed by atoms with Gasteiger partial charge in [0.05, 0.1) is 4.90 Å². The van der Waals surface area contributed by atoms with Crippen LogP contribution in [0, 0.1) is 0 Å². The van der Waals surface area contributed by atoms with E-state index in [2.05, 4.69) is 15.1 Å². The highest BCUT2D eigenvalue weighted by Gasteiger charge is 2.23. The number of sulfonamides is 1. The maximum absolute atomic E-state index is 12.6. The number of carbonyl (C=O) groups excluding carboxylic acids is 1. The number of hydrogen-bond donors (Lipinski definition) is 1. The van der Waals surface area contributed by atoms with Crippen LogP contribution >= 0.6 is 0 Å². The van der Waals surface area contributed by atoms with Crippen molar-refractivity contribution in [2.75, 3.05) is 50.1 Å². The average Bonchev–Trinajstić information content (AvgIpc) is 2.67. The molecule has 3 rings (SSSR count). The number of benzene rings is 1. The molecule has 1 amide bonds. The van der Waals surface area contributed by atoms with E-state index in [0.717, 1.165) is 11.6 Å². The van der Waals surface area contributed by atoms with Crippen LogP contribution in [0.15, 0.2) is 41.3 Å². The van der Waals surface area contributed by atoms with Crippen LogP contribution in [0.3, 0.4) is 0 Å². The predicted octanol–water partition coefficient (Wildman–Crippen LogP) is 0.152.